The number of alkyl halides is 1. The third-order valence-corrected chi connectivity index (χ3v) is 2.74. The van der Waals surface area contributed by atoms with Gasteiger partial charge in [0.2, 0.25) is 0 Å². The Kier molecular flexibility index (Phi) is 3.63. The van der Waals surface area contributed by atoms with Crippen LogP contribution in [0.25, 0.3) is 5.65 Å². The zero-order valence-electron chi connectivity index (χ0n) is 9.48. The van der Waals surface area contributed by atoms with Crippen LogP contribution in [0.5, 0.6) is 0 Å². The van der Waals surface area contributed by atoms with E-state index in [0.717, 1.165) is 12.8 Å². The molecule has 0 saturated heterocycles. The van der Waals surface area contributed by atoms with Crippen LogP contribution in [0.1, 0.15) is 19.8 Å². The first-order chi connectivity index (χ1) is 8.20. The Hall–Kier alpha value is -1.56. The van der Waals surface area contributed by atoms with Gasteiger partial charge in [-0.2, -0.15) is 5.10 Å². The molecule has 0 aliphatic heterocycles. The van der Waals surface area contributed by atoms with Crippen molar-refractivity contribution in [3.8, 4) is 0 Å². The number of rotatable bonds is 5. The molecule has 0 spiro atoms. The predicted octanol–water partition coefficient (Wildman–Crippen LogP) is 1.24. The summed E-state index contributed by atoms with van der Waals surface area (Å²) in [6.07, 6.45) is 3.39. The molecule has 2 rings (SSSR count). The molecule has 0 aliphatic rings. The van der Waals surface area contributed by atoms with E-state index in [1.54, 1.807) is 6.07 Å². The van der Waals surface area contributed by atoms with E-state index in [0.29, 0.717) is 17.3 Å². The molecule has 92 valence electrons. The SMILES string of the molecule is CC(CCCCl)Nc1cc2n[nH]c(=O)n2cn1. The highest BCUT2D eigenvalue weighted by molar-refractivity contribution is 6.17. The standard InChI is InChI=1S/C10H14ClN5O/c1-7(3-2-4-11)13-8-5-9-14-15-10(17)16(9)6-12-8/h5-7,13H,2-4H2,1H3,(H,15,17). The average Bonchev–Trinajstić information content (AvgIpc) is 2.68. The second-order valence-corrected chi connectivity index (χ2v) is 4.29. The van der Waals surface area contributed by atoms with Crippen molar-refractivity contribution >= 4 is 23.1 Å². The minimum Gasteiger partial charge on any atom is -0.367 e. The van der Waals surface area contributed by atoms with Gasteiger partial charge in [0, 0.05) is 18.0 Å². The number of H-pyrrole nitrogens is 1. The number of nitrogens with one attached hydrogen (secondary N) is 2. The molecule has 0 aliphatic carbocycles. The minimum atomic E-state index is -0.283. The third kappa shape index (κ3) is 2.76. The molecule has 17 heavy (non-hydrogen) atoms. The van der Waals surface area contributed by atoms with Crippen LogP contribution < -0.4 is 11.0 Å². The summed E-state index contributed by atoms with van der Waals surface area (Å²) in [6, 6.07) is 2.02. The first-order valence-electron chi connectivity index (χ1n) is 5.46. The van der Waals surface area contributed by atoms with Gasteiger partial charge in [-0.25, -0.2) is 19.3 Å². The fourth-order valence-corrected chi connectivity index (χ4v) is 1.75. The highest BCUT2D eigenvalue weighted by Gasteiger charge is 2.05. The van der Waals surface area contributed by atoms with Gasteiger partial charge < -0.3 is 5.32 Å². The third-order valence-electron chi connectivity index (χ3n) is 2.47. The van der Waals surface area contributed by atoms with Gasteiger partial charge in [-0.15, -0.1) is 11.6 Å². The van der Waals surface area contributed by atoms with Gasteiger partial charge in [0.15, 0.2) is 5.65 Å². The molecule has 2 aromatic rings. The Morgan fingerprint density at radius 3 is 3.24 bits per heavy atom. The lowest BCUT2D eigenvalue weighted by Crippen LogP contribution is -2.17. The van der Waals surface area contributed by atoms with E-state index in [1.165, 1.54) is 10.7 Å². The fourth-order valence-electron chi connectivity index (χ4n) is 1.60. The number of hydrogen-bond donors (Lipinski definition) is 2. The molecule has 0 radical (unpaired) electrons. The van der Waals surface area contributed by atoms with Crippen LogP contribution in [-0.2, 0) is 0 Å². The van der Waals surface area contributed by atoms with Crippen LogP contribution in [-0.4, -0.2) is 31.5 Å². The summed E-state index contributed by atoms with van der Waals surface area (Å²) in [5.41, 5.74) is 0.270. The van der Waals surface area contributed by atoms with Gasteiger partial charge in [0.05, 0.1) is 0 Å². The van der Waals surface area contributed by atoms with Crippen molar-refractivity contribution in [2.45, 2.75) is 25.8 Å². The molecule has 0 amide bonds. The fraction of sp³-hybridized carbons (Fsp3) is 0.500. The molecular weight excluding hydrogens is 242 g/mol. The Morgan fingerprint density at radius 1 is 1.65 bits per heavy atom. The van der Waals surface area contributed by atoms with Crippen LogP contribution in [0.4, 0.5) is 5.82 Å². The van der Waals surface area contributed by atoms with Crippen LogP contribution in [0.3, 0.4) is 0 Å². The molecule has 0 aromatic carbocycles. The van der Waals surface area contributed by atoms with Crippen LogP contribution in [0, 0.1) is 0 Å². The van der Waals surface area contributed by atoms with Gasteiger partial charge >= 0.3 is 5.69 Å². The lowest BCUT2D eigenvalue weighted by Gasteiger charge is -2.13. The normalized spacial score (nSPS) is 12.8. The van der Waals surface area contributed by atoms with Crippen molar-refractivity contribution in [2.75, 3.05) is 11.2 Å². The molecule has 2 N–H and O–H groups in total. The maximum atomic E-state index is 11.2. The molecule has 6 nitrogen and oxygen atoms in total. The predicted molar refractivity (Wildman–Crippen MR) is 66.6 cm³/mol. The van der Waals surface area contributed by atoms with Crippen LogP contribution >= 0.6 is 11.6 Å². The quantitative estimate of drug-likeness (QED) is 0.789. The smallest absolute Gasteiger partial charge is 0.348 e. The largest absolute Gasteiger partial charge is 0.367 e. The number of hydrogen-bond acceptors (Lipinski definition) is 4. The Morgan fingerprint density at radius 2 is 2.47 bits per heavy atom. The van der Waals surface area contributed by atoms with E-state index in [-0.39, 0.29) is 11.7 Å². The van der Waals surface area contributed by atoms with E-state index >= 15 is 0 Å². The van der Waals surface area contributed by atoms with Crippen LogP contribution in [0.15, 0.2) is 17.2 Å². The van der Waals surface area contributed by atoms with Gasteiger partial charge in [-0.05, 0) is 19.8 Å². The topological polar surface area (TPSA) is 75.1 Å². The number of halogens is 1. The lowest BCUT2D eigenvalue weighted by molar-refractivity contribution is 0.690. The molecule has 2 heterocycles. The van der Waals surface area contributed by atoms with Crippen molar-refractivity contribution < 1.29 is 0 Å². The molecule has 1 atom stereocenters. The summed E-state index contributed by atoms with van der Waals surface area (Å²) < 4.78 is 1.36. The van der Waals surface area contributed by atoms with E-state index in [9.17, 15) is 4.79 Å². The van der Waals surface area contributed by atoms with Gasteiger partial charge in [-0.1, -0.05) is 0 Å². The number of anilines is 1. The van der Waals surface area contributed by atoms with Crippen molar-refractivity contribution in [1.29, 1.82) is 0 Å². The summed E-state index contributed by atoms with van der Waals surface area (Å²) >= 11 is 5.63. The number of aromatic amines is 1. The summed E-state index contributed by atoms with van der Waals surface area (Å²) in [4.78, 5) is 15.4. The number of fused-ring (bicyclic) bond motifs is 1. The van der Waals surface area contributed by atoms with Crippen molar-refractivity contribution in [1.82, 2.24) is 19.6 Å². The zero-order valence-corrected chi connectivity index (χ0v) is 10.2. The molecule has 1 unspecified atom stereocenters. The van der Waals surface area contributed by atoms with E-state index in [4.69, 9.17) is 11.6 Å². The highest BCUT2D eigenvalue weighted by Crippen LogP contribution is 2.09. The maximum Gasteiger partial charge on any atom is 0.348 e. The summed E-state index contributed by atoms with van der Waals surface area (Å²) in [5, 5.41) is 9.48. The Bertz CT molecular complexity index is 549. The van der Waals surface area contributed by atoms with Crippen molar-refractivity contribution in [2.24, 2.45) is 0 Å². The summed E-state index contributed by atoms with van der Waals surface area (Å²) in [7, 11) is 0. The monoisotopic (exact) mass is 255 g/mol. The average molecular weight is 256 g/mol. The molecule has 0 bridgehead atoms. The van der Waals surface area contributed by atoms with Crippen molar-refractivity contribution in [3.63, 3.8) is 0 Å². The molecule has 0 saturated carbocycles. The van der Waals surface area contributed by atoms with Gasteiger partial charge in [0.25, 0.3) is 0 Å². The highest BCUT2D eigenvalue weighted by atomic mass is 35.5. The number of aromatic nitrogens is 4. The van der Waals surface area contributed by atoms with Crippen molar-refractivity contribution in [3.05, 3.63) is 22.9 Å². The molecular formula is C10H14ClN5O. The maximum absolute atomic E-state index is 11.2. The molecule has 2 aromatic heterocycles. The molecule has 7 heteroatoms. The second-order valence-electron chi connectivity index (χ2n) is 3.91. The first-order valence-corrected chi connectivity index (χ1v) is 5.99. The second kappa shape index (κ2) is 5.18. The minimum absolute atomic E-state index is 0.283. The Balaban J connectivity index is 2.11. The molecule has 0 fully saturated rings. The van der Waals surface area contributed by atoms with E-state index < -0.39 is 0 Å². The first kappa shape index (κ1) is 11.9. The van der Waals surface area contributed by atoms with E-state index in [2.05, 4.69) is 27.4 Å². The summed E-state index contributed by atoms with van der Waals surface area (Å²) in [5.74, 6) is 1.37. The van der Waals surface area contributed by atoms with Crippen LogP contribution in [0.2, 0.25) is 0 Å². The van der Waals surface area contributed by atoms with E-state index in [1.807, 2.05) is 0 Å². The Labute approximate surface area is 103 Å². The lowest BCUT2D eigenvalue weighted by atomic mass is 10.2. The number of nitrogens with zero attached hydrogens (tertiary/aromatic N) is 3. The van der Waals surface area contributed by atoms with Gasteiger partial charge in [0.1, 0.15) is 12.1 Å². The zero-order chi connectivity index (χ0) is 12.3. The summed E-state index contributed by atoms with van der Waals surface area (Å²) in [6.45, 7) is 2.06. The van der Waals surface area contributed by atoms with Gasteiger partial charge in [-0.3, -0.25) is 0 Å².